The van der Waals surface area contributed by atoms with E-state index in [-0.39, 0.29) is 10.3 Å². The number of rotatable bonds is 1. The number of hydrogen-bond acceptors (Lipinski definition) is 3. The Kier molecular flexibility index (Phi) is 2.56. The maximum Gasteiger partial charge on any atom is 0.253 e. The number of hydrogen-bond donors (Lipinski definition) is 1. The molecule has 1 atom stereocenters. The first-order chi connectivity index (χ1) is 4.99. The quantitative estimate of drug-likeness (QED) is 0.551. The van der Waals surface area contributed by atoms with Gasteiger partial charge in [0.1, 0.15) is 0 Å². The van der Waals surface area contributed by atoms with E-state index >= 15 is 0 Å². The van der Waals surface area contributed by atoms with Gasteiger partial charge in [-0.3, -0.25) is 0 Å². The Bertz CT molecular complexity index is 258. The van der Waals surface area contributed by atoms with Crippen molar-refractivity contribution in [2.45, 2.75) is 4.21 Å². The lowest BCUT2D eigenvalue weighted by molar-refractivity contribution is 0.563. The van der Waals surface area contributed by atoms with E-state index < -0.39 is 15.3 Å². The van der Waals surface area contributed by atoms with E-state index in [1.54, 1.807) is 0 Å². The summed E-state index contributed by atoms with van der Waals surface area (Å²) in [5.41, 5.74) is 0. The van der Waals surface area contributed by atoms with E-state index in [2.05, 4.69) is 10.2 Å². The fourth-order valence-corrected chi connectivity index (χ4v) is 1.59. The maximum absolute atomic E-state index is 10.6. The van der Waals surface area contributed by atoms with Crippen molar-refractivity contribution < 1.29 is 8.76 Å². The molecule has 0 aromatic rings. The van der Waals surface area contributed by atoms with Crippen LogP contribution in [0.2, 0.25) is 0 Å². The first kappa shape index (κ1) is 9.41. The molecule has 1 N–H and O–H groups in total. The molecular weight excluding hydrogens is 234 g/mol. The summed E-state index contributed by atoms with van der Waals surface area (Å²) in [5, 5.41) is 5.89. The van der Waals surface area contributed by atoms with Crippen LogP contribution in [0.1, 0.15) is 0 Å². The molecule has 1 rings (SSSR count). The Morgan fingerprint density at radius 1 is 1.36 bits per heavy atom. The minimum Gasteiger partial charge on any atom is -0.304 e. The fraction of sp³-hybridized carbons (Fsp3) is 0.333. The molecule has 62 valence electrons. The minimum atomic E-state index is -2.43. The second kappa shape index (κ2) is 2.99. The molecule has 0 saturated carbocycles. The van der Waals surface area contributed by atoms with Gasteiger partial charge in [0.2, 0.25) is 0 Å². The van der Waals surface area contributed by atoms with Gasteiger partial charge in [-0.2, -0.15) is 0 Å². The van der Waals surface area contributed by atoms with E-state index in [0.717, 1.165) is 0 Å². The van der Waals surface area contributed by atoms with E-state index in [0.29, 0.717) is 0 Å². The van der Waals surface area contributed by atoms with Crippen molar-refractivity contribution in [1.82, 2.24) is 0 Å². The third kappa shape index (κ3) is 1.31. The second-order valence-corrected chi connectivity index (χ2v) is 4.24. The number of alkyl halides is 1. The molecule has 0 aliphatic carbocycles. The van der Waals surface area contributed by atoms with Crippen LogP contribution >= 0.6 is 34.8 Å². The Labute approximate surface area is 79.5 Å². The third-order valence-electron chi connectivity index (χ3n) is 0.997. The van der Waals surface area contributed by atoms with E-state index in [9.17, 15) is 4.21 Å². The summed E-state index contributed by atoms with van der Waals surface area (Å²) < 4.78 is 17.4. The van der Waals surface area contributed by atoms with Crippen LogP contribution in [-0.4, -0.2) is 23.3 Å². The average Bonchev–Trinajstić information content (AvgIpc) is 2.18. The highest BCUT2D eigenvalue weighted by molar-refractivity contribution is 7.85. The lowest BCUT2D eigenvalue weighted by Gasteiger charge is -2.12. The summed E-state index contributed by atoms with van der Waals surface area (Å²) in [6, 6.07) is 0. The van der Waals surface area contributed by atoms with Crippen molar-refractivity contribution in [2.75, 3.05) is 0 Å². The average molecular weight is 235 g/mol. The molecule has 0 amide bonds. The van der Waals surface area contributed by atoms with Crippen LogP contribution in [0, 0.1) is 0 Å². The van der Waals surface area contributed by atoms with Gasteiger partial charge in [0, 0.05) is 0 Å². The molecule has 0 bridgehead atoms. The lowest BCUT2D eigenvalue weighted by atomic mass is 10.5. The summed E-state index contributed by atoms with van der Waals surface area (Å²) >= 11 is 13.9. The van der Waals surface area contributed by atoms with Gasteiger partial charge >= 0.3 is 0 Å². The van der Waals surface area contributed by atoms with Gasteiger partial charge in [-0.1, -0.05) is 34.8 Å². The molecular formula is C3HCl3N2O2S. The van der Waals surface area contributed by atoms with E-state index in [4.69, 9.17) is 39.4 Å². The molecule has 0 saturated heterocycles. The standard InChI is InChI=1S/C3HCl3N2O2S/c4-1-3(6,11(9)10)2(5)8-7-1/h(H,9,10). The van der Waals surface area contributed by atoms with Crippen LogP contribution in [0.15, 0.2) is 10.2 Å². The van der Waals surface area contributed by atoms with Crippen molar-refractivity contribution in [3.05, 3.63) is 0 Å². The van der Waals surface area contributed by atoms with Crippen LogP contribution in [-0.2, 0) is 11.1 Å². The number of nitrogens with zero attached hydrogens (tertiary/aromatic N) is 2. The molecule has 1 unspecified atom stereocenters. The predicted octanol–water partition coefficient (Wildman–Crippen LogP) is 1.35. The van der Waals surface area contributed by atoms with Gasteiger partial charge < -0.3 is 4.55 Å². The Morgan fingerprint density at radius 3 is 1.91 bits per heavy atom. The molecule has 0 aromatic heterocycles. The first-order valence-corrected chi connectivity index (χ1v) is 4.51. The highest BCUT2D eigenvalue weighted by atomic mass is 35.5. The minimum absolute atomic E-state index is 0.301. The molecule has 1 aliphatic heterocycles. The molecule has 0 spiro atoms. The predicted molar refractivity (Wildman–Crippen MR) is 45.9 cm³/mol. The lowest BCUT2D eigenvalue weighted by Crippen LogP contribution is -2.37. The Morgan fingerprint density at radius 2 is 1.73 bits per heavy atom. The molecule has 1 aliphatic rings. The molecule has 8 heteroatoms. The molecule has 11 heavy (non-hydrogen) atoms. The first-order valence-electron chi connectivity index (χ1n) is 2.27. The Balaban J connectivity index is 3.12. The number of halogens is 3. The largest absolute Gasteiger partial charge is 0.304 e. The third-order valence-corrected chi connectivity index (χ3v) is 3.75. The summed E-state index contributed by atoms with van der Waals surface area (Å²) in [6.07, 6.45) is 0. The summed E-state index contributed by atoms with van der Waals surface area (Å²) in [5.74, 6) is 0. The van der Waals surface area contributed by atoms with Crippen molar-refractivity contribution in [1.29, 1.82) is 0 Å². The molecule has 0 fully saturated rings. The van der Waals surface area contributed by atoms with Crippen LogP contribution in [0.4, 0.5) is 0 Å². The normalized spacial score (nSPS) is 24.4. The zero-order valence-electron chi connectivity index (χ0n) is 4.79. The summed E-state index contributed by atoms with van der Waals surface area (Å²) in [4.78, 5) is 0. The summed E-state index contributed by atoms with van der Waals surface area (Å²) in [7, 11) is 0. The SMILES string of the molecule is O=S(O)C1(Cl)C(Cl)=NN=C1Cl. The van der Waals surface area contributed by atoms with Gasteiger partial charge in [0.05, 0.1) is 0 Å². The second-order valence-electron chi connectivity index (χ2n) is 1.63. The van der Waals surface area contributed by atoms with Gasteiger partial charge in [-0.05, 0) is 0 Å². The molecule has 0 radical (unpaired) electrons. The van der Waals surface area contributed by atoms with Gasteiger partial charge in [0.15, 0.2) is 21.4 Å². The van der Waals surface area contributed by atoms with Crippen molar-refractivity contribution in [3.8, 4) is 0 Å². The highest BCUT2D eigenvalue weighted by Gasteiger charge is 2.48. The van der Waals surface area contributed by atoms with Gasteiger partial charge in [0.25, 0.3) is 4.21 Å². The van der Waals surface area contributed by atoms with Crippen LogP contribution < -0.4 is 0 Å². The smallest absolute Gasteiger partial charge is 0.253 e. The van der Waals surface area contributed by atoms with Crippen molar-refractivity contribution in [3.63, 3.8) is 0 Å². The fourth-order valence-electron chi connectivity index (χ4n) is 0.446. The van der Waals surface area contributed by atoms with Gasteiger partial charge in [-0.25, -0.2) is 4.21 Å². The molecule has 0 aromatic carbocycles. The van der Waals surface area contributed by atoms with Gasteiger partial charge in [-0.15, -0.1) is 10.2 Å². The summed E-state index contributed by atoms with van der Waals surface area (Å²) in [6.45, 7) is 0. The molecule has 4 nitrogen and oxygen atoms in total. The zero-order chi connectivity index (χ0) is 8.65. The topological polar surface area (TPSA) is 62.0 Å². The highest BCUT2D eigenvalue weighted by Crippen LogP contribution is 2.31. The van der Waals surface area contributed by atoms with E-state index in [1.807, 2.05) is 0 Å². The van der Waals surface area contributed by atoms with Crippen molar-refractivity contribution >= 4 is 56.2 Å². The van der Waals surface area contributed by atoms with Crippen LogP contribution in [0.25, 0.3) is 0 Å². The monoisotopic (exact) mass is 234 g/mol. The van der Waals surface area contributed by atoms with Crippen molar-refractivity contribution in [2.24, 2.45) is 10.2 Å². The zero-order valence-corrected chi connectivity index (χ0v) is 7.88. The molecule has 1 heterocycles. The maximum atomic E-state index is 10.6. The van der Waals surface area contributed by atoms with E-state index in [1.165, 1.54) is 0 Å². The Hall–Kier alpha value is 0.320. The van der Waals surface area contributed by atoms with Crippen LogP contribution in [0.3, 0.4) is 0 Å². The van der Waals surface area contributed by atoms with Crippen LogP contribution in [0.5, 0.6) is 0 Å².